The first-order valence-electron chi connectivity index (χ1n) is 27.0. The molecule has 81 heavy (non-hydrogen) atoms. The number of hydrogen-bond donors (Lipinski definition) is 0. The summed E-state index contributed by atoms with van der Waals surface area (Å²) in [5, 5.41) is 10.1. The van der Waals surface area contributed by atoms with Crippen molar-refractivity contribution in [2.45, 2.75) is 0 Å². The fourth-order valence-corrected chi connectivity index (χ4v) is 12.9. The van der Waals surface area contributed by atoms with Gasteiger partial charge in [0.25, 0.3) is 0 Å². The Morgan fingerprint density at radius 2 is 0.432 bits per heavy atom. The van der Waals surface area contributed by atoms with E-state index in [4.69, 9.17) is 0 Å². The van der Waals surface area contributed by atoms with Crippen LogP contribution >= 0.6 is 0 Å². The Morgan fingerprint density at radius 3 is 0.765 bits per heavy atom. The summed E-state index contributed by atoms with van der Waals surface area (Å²) >= 11 is 0. The third kappa shape index (κ3) is 7.35. The Bertz CT molecular complexity index is 4960. The van der Waals surface area contributed by atoms with Crippen LogP contribution in [0, 0.1) is 23.3 Å². The quantitative estimate of drug-likeness (QED) is 0.112. The highest BCUT2D eigenvalue weighted by Gasteiger charge is 2.21. The van der Waals surface area contributed by atoms with Crippen molar-refractivity contribution in [3.63, 3.8) is 0 Å². The number of benzene rings is 13. The zero-order valence-electron chi connectivity index (χ0n) is 43.2. The van der Waals surface area contributed by atoms with Crippen LogP contribution < -0.4 is 0 Å². The topological polar surface area (TPSA) is 14.8 Å². The van der Waals surface area contributed by atoms with Crippen LogP contribution in [0.1, 0.15) is 0 Å². The van der Waals surface area contributed by atoms with Crippen LogP contribution in [0.4, 0.5) is 17.6 Å². The maximum Gasteiger partial charge on any atom is 0.123 e. The van der Waals surface area contributed by atoms with Gasteiger partial charge >= 0.3 is 0 Å². The van der Waals surface area contributed by atoms with Crippen molar-refractivity contribution in [1.82, 2.24) is 13.7 Å². The van der Waals surface area contributed by atoms with Gasteiger partial charge < -0.3 is 13.7 Å². The van der Waals surface area contributed by atoms with E-state index in [1.165, 1.54) is 74.6 Å². The molecule has 0 aliphatic carbocycles. The number of rotatable bonds is 7. The van der Waals surface area contributed by atoms with Crippen LogP contribution in [0.2, 0.25) is 0 Å². The Kier molecular flexibility index (Phi) is 10.4. The molecule has 0 radical (unpaired) electrons. The molecular weight excluding hydrogens is 1010 g/mol. The van der Waals surface area contributed by atoms with Crippen molar-refractivity contribution in [2.24, 2.45) is 0 Å². The Balaban J connectivity index is 0.884. The van der Waals surface area contributed by atoms with Crippen molar-refractivity contribution >= 4 is 87.0 Å². The van der Waals surface area contributed by atoms with Crippen LogP contribution in [0.5, 0.6) is 0 Å². The predicted molar refractivity (Wildman–Crippen MR) is 326 cm³/mol. The lowest BCUT2D eigenvalue weighted by atomic mass is 9.86. The Morgan fingerprint density at radius 1 is 0.185 bits per heavy atom. The second kappa shape index (κ2) is 18.0. The van der Waals surface area contributed by atoms with Gasteiger partial charge in [-0.15, -0.1) is 0 Å². The van der Waals surface area contributed by atoms with E-state index >= 15 is 8.78 Å². The van der Waals surface area contributed by atoms with E-state index in [-0.39, 0.29) is 23.3 Å². The van der Waals surface area contributed by atoms with Gasteiger partial charge in [0.05, 0.1) is 33.1 Å². The Labute approximate surface area is 461 Å². The summed E-state index contributed by atoms with van der Waals surface area (Å²) in [6.45, 7) is 0. The summed E-state index contributed by atoms with van der Waals surface area (Å²) in [5.41, 5.74) is 16.6. The van der Waals surface area contributed by atoms with Gasteiger partial charge in [-0.3, -0.25) is 0 Å². The summed E-state index contributed by atoms with van der Waals surface area (Å²) in [6, 6.07) is 85.2. The van der Waals surface area contributed by atoms with Crippen LogP contribution in [0.15, 0.2) is 261 Å². The van der Waals surface area contributed by atoms with Crippen molar-refractivity contribution in [1.29, 1.82) is 0 Å². The Hall–Kier alpha value is -10.5. The van der Waals surface area contributed by atoms with Crippen molar-refractivity contribution < 1.29 is 17.6 Å². The highest BCUT2D eigenvalue weighted by molar-refractivity contribution is 6.22. The van der Waals surface area contributed by atoms with Crippen LogP contribution in [0.25, 0.3) is 149 Å². The lowest BCUT2D eigenvalue weighted by Crippen LogP contribution is -1.95. The molecule has 16 aromatic rings. The number of nitrogens with zero attached hydrogens (tertiary/aromatic N) is 3. The van der Waals surface area contributed by atoms with Gasteiger partial charge in [0.15, 0.2) is 0 Å². The smallest absolute Gasteiger partial charge is 0.123 e. The molecule has 0 amide bonds. The second-order valence-corrected chi connectivity index (χ2v) is 21.0. The van der Waals surface area contributed by atoms with E-state index in [0.29, 0.717) is 0 Å². The lowest BCUT2D eigenvalue weighted by molar-refractivity contribution is 0.627. The predicted octanol–water partition coefficient (Wildman–Crippen LogP) is 20.5. The molecule has 0 unspecified atom stereocenters. The van der Waals surface area contributed by atoms with E-state index in [1.54, 1.807) is 48.5 Å². The van der Waals surface area contributed by atoms with Gasteiger partial charge in [0.1, 0.15) is 23.3 Å². The summed E-state index contributed by atoms with van der Waals surface area (Å²) in [4.78, 5) is 0. The molecule has 0 saturated heterocycles. The molecule has 382 valence electrons. The molecule has 0 spiro atoms. The number of hydrogen-bond acceptors (Lipinski definition) is 0. The second-order valence-electron chi connectivity index (χ2n) is 21.0. The first-order valence-corrected chi connectivity index (χ1v) is 27.0. The van der Waals surface area contributed by atoms with Crippen molar-refractivity contribution in [3.05, 3.63) is 284 Å². The van der Waals surface area contributed by atoms with E-state index in [2.05, 4.69) is 190 Å². The minimum atomic E-state index is -0.336. The molecule has 3 nitrogen and oxygen atoms in total. The molecule has 0 atom stereocenters. The third-order valence-electron chi connectivity index (χ3n) is 16.5. The van der Waals surface area contributed by atoms with E-state index in [9.17, 15) is 8.78 Å². The standard InChI is InChI=1S/C74H43F4N3/c75-50-20-28-55(29-21-50)80-69-34-18-48(40-63(69)65-42-52(77)24-36-71(65)80)46-16-32-67-61(38-46)62-39-47(49-19-35-70-64(41-49)66-43-53(78)25-37-72(66)81(70)56-30-22-51(76)23-31-56)17-33-68(62)79(67)54-26-14-45(15-27-54)74-59-12-6-4-10-57(59)73(44-8-2-1-3-9-44)58-11-5-7-13-60(58)74/h1-43H. The minimum Gasteiger partial charge on any atom is -0.309 e. The number of aromatic nitrogens is 3. The van der Waals surface area contributed by atoms with Crippen molar-refractivity contribution in [2.75, 3.05) is 0 Å². The highest BCUT2D eigenvalue weighted by Crippen LogP contribution is 2.46. The maximum absolute atomic E-state index is 15.1. The molecule has 16 rings (SSSR count). The fourth-order valence-electron chi connectivity index (χ4n) is 12.9. The van der Waals surface area contributed by atoms with Gasteiger partial charge in [0.2, 0.25) is 0 Å². The molecule has 0 aliphatic rings. The first kappa shape index (κ1) is 46.6. The highest BCUT2D eigenvalue weighted by atomic mass is 19.1. The molecule has 3 heterocycles. The zero-order chi connectivity index (χ0) is 54.0. The molecule has 13 aromatic carbocycles. The van der Waals surface area contributed by atoms with Crippen molar-refractivity contribution in [3.8, 4) is 61.6 Å². The number of fused-ring (bicyclic) bond motifs is 11. The summed E-state index contributed by atoms with van der Waals surface area (Å²) in [7, 11) is 0. The largest absolute Gasteiger partial charge is 0.309 e. The van der Waals surface area contributed by atoms with Gasteiger partial charge in [-0.25, -0.2) is 17.6 Å². The van der Waals surface area contributed by atoms with Crippen LogP contribution in [-0.4, -0.2) is 13.7 Å². The molecule has 7 heteroatoms. The van der Waals surface area contributed by atoms with Crippen LogP contribution in [0.3, 0.4) is 0 Å². The summed E-state index contributed by atoms with van der Waals surface area (Å²) in [6.07, 6.45) is 0. The van der Waals surface area contributed by atoms with Gasteiger partial charge in [0, 0.05) is 49.4 Å². The van der Waals surface area contributed by atoms with Gasteiger partial charge in [-0.1, -0.05) is 115 Å². The van der Waals surface area contributed by atoms with E-state index < -0.39 is 0 Å². The monoisotopic (exact) mass is 1050 g/mol. The van der Waals surface area contributed by atoms with Gasteiger partial charge in [-0.2, -0.15) is 0 Å². The molecule has 0 bridgehead atoms. The third-order valence-corrected chi connectivity index (χ3v) is 16.5. The fraction of sp³-hybridized carbons (Fsp3) is 0. The molecule has 3 aromatic heterocycles. The maximum atomic E-state index is 15.1. The first-order chi connectivity index (χ1) is 39.8. The average Bonchev–Trinajstić information content (AvgIpc) is 4.38. The van der Waals surface area contributed by atoms with Gasteiger partial charge in [-0.05, 0) is 212 Å². The molecule has 0 aliphatic heterocycles. The molecule has 0 fully saturated rings. The summed E-state index contributed by atoms with van der Waals surface area (Å²) in [5.74, 6) is -1.33. The van der Waals surface area contributed by atoms with E-state index in [1.807, 2.05) is 0 Å². The SMILES string of the molecule is Fc1ccc(-n2c3ccc(F)cc3c3cc(-c4ccc5c(c4)c4cc(-c6ccc7c(c6)c6cc(F)ccc6n7-c6ccc(F)cc6)ccc4n5-c4ccc(-c5c6ccccc6c(-c6ccccc6)c6ccccc56)cc4)ccc32)cc1. The van der Waals surface area contributed by atoms with E-state index in [0.717, 1.165) is 110 Å². The zero-order valence-corrected chi connectivity index (χ0v) is 43.2. The number of halogens is 4. The lowest BCUT2D eigenvalue weighted by Gasteiger charge is -2.18. The molecular formula is C74H43F4N3. The average molecular weight is 1050 g/mol. The summed E-state index contributed by atoms with van der Waals surface area (Å²) < 4.78 is 65.1. The normalized spacial score (nSPS) is 12.0. The van der Waals surface area contributed by atoms with Crippen LogP contribution in [-0.2, 0) is 0 Å². The minimum absolute atomic E-state index is 0.328. The molecule has 0 saturated carbocycles. The molecule has 0 N–H and O–H groups in total.